The first-order valence-corrected chi connectivity index (χ1v) is 5.45. The van der Waals surface area contributed by atoms with Crippen LogP contribution in [0.5, 0.6) is 5.75 Å². The number of aromatic nitrogens is 1. The van der Waals surface area contributed by atoms with E-state index in [2.05, 4.69) is 5.43 Å². The van der Waals surface area contributed by atoms with Crippen molar-refractivity contribution >= 4 is 16.8 Å². The molecule has 0 spiro atoms. The van der Waals surface area contributed by atoms with E-state index in [4.69, 9.17) is 10.6 Å². The summed E-state index contributed by atoms with van der Waals surface area (Å²) in [4.78, 5) is 11.2. The lowest BCUT2D eigenvalue weighted by Crippen LogP contribution is -2.33. The number of rotatable bonds is 4. The molecule has 0 atom stereocenters. The molecule has 1 aromatic carbocycles. The van der Waals surface area contributed by atoms with Crippen molar-refractivity contribution in [3.8, 4) is 5.75 Å². The van der Waals surface area contributed by atoms with Crippen molar-refractivity contribution in [2.24, 2.45) is 5.84 Å². The molecule has 90 valence electrons. The molecule has 3 N–H and O–H groups in total. The van der Waals surface area contributed by atoms with Crippen LogP contribution < -0.4 is 16.0 Å². The van der Waals surface area contributed by atoms with Gasteiger partial charge in [-0.05, 0) is 31.2 Å². The molecule has 1 aromatic heterocycles. The van der Waals surface area contributed by atoms with Crippen LogP contribution in [0.3, 0.4) is 0 Å². The maximum atomic E-state index is 11.2. The summed E-state index contributed by atoms with van der Waals surface area (Å²) in [6.45, 7) is 2.80. The lowest BCUT2D eigenvalue weighted by molar-refractivity contribution is -0.121. The van der Waals surface area contributed by atoms with Crippen LogP contribution in [-0.2, 0) is 11.3 Å². The molecule has 1 heterocycles. The number of carbonyl (C=O) groups is 1. The average molecular weight is 233 g/mol. The second-order valence-electron chi connectivity index (χ2n) is 3.66. The first-order chi connectivity index (χ1) is 8.24. The highest BCUT2D eigenvalue weighted by Crippen LogP contribution is 2.21. The van der Waals surface area contributed by atoms with Crippen LogP contribution in [0.15, 0.2) is 30.5 Å². The zero-order chi connectivity index (χ0) is 12.3. The van der Waals surface area contributed by atoms with Gasteiger partial charge in [0.15, 0.2) is 0 Å². The third-order valence-corrected chi connectivity index (χ3v) is 2.53. The van der Waals surface area contributed by atoms with Crippen molar-refractivity contribution in [1.82, 2.24) is 9.99 Å². The highest BCUT2D eigenvalue weighted by Gasteiger charge is 2.05. The number of nitrogens with zero attached hydrogens (tertiary/aromatic N) is 1. The average Bonchev–Trinajstić information content (AvgIpc) is 2.72. The maximum absolute atomic E-state index is 11.2. The molecular formula is C12H15N3O2. The van der Waals surface area contributed by atoms with Gasteiger partial charge in [0.2, 0.25) is 0 Å². The summed E-state index contributed by atoms with van der Waals surface area (Å²) in [5.41, 5.74) is 3.10. The summed E-state index contributed by atoms with van der Waals surface area (Å²) < 4.78 is 7.26. The van der Waals surface area contributed by atoms with Crippen LogP contribution >= 0.6 is 0 Å². The lowest BCUT2D eigenvalue weighted by atomic mass is 10.2. The highest BCUT2D eigenvalue weighted by molar-refractivity contribution is 5.84. The Balaban J connectivity index is 2.31. The minimum atomic E-state index is -0.226. The van der Waals surface area contributed by atoms with E-state index in [0.717, 1.165) is 16.7 Å². The Morgan fingerprint density at radius 1 is 1.47 bits per heavy atom. The molecule has 0 saturated heterocycles. The van der Waals surface area contributed by atoms with E-state index in [1.165, 1.54) is 0 Å². The van der Waals surface area contributed by atoms with E-state index >= 15 is 0 Å². The normalized spacial score (nSPS) is 10.5. The molecule has 0 fully saturated rings. The zero-order valence-electron chi connectivity index (χ0n) is 9.64. The SMILES string of the molecule is CCOc1ccc2c(ccn2CC(=O)NN)c1. The molecule has 0 saturated carbocycles. The standard InChI is InChI=1S/C12H15N3O2/c1-2-17-10-3-4-11-9(7-10)5-6-15(11)8-12(16)14-13/h3-7H,2,8,13H2,1H3,(H,14,16). The van der Waals surface area contributed by atoms with Gasteiger partial charge in [-0.3, -0.25) is 10.2 Å². The molecule has 0 aliphatic carbocycles. The van der Waals surface area contributed by atoms with Crippen LogP contribution in [-0.4, -0.2) is 17.1 Å². The lowest BCUT2D eigenvalue weighted by Gasteiger charge is -2.05. The second-order valence-corrected chi connectivity index (χ2v) is 3.66. The summed E-state index contributed by atoms with van der Waals surface area (Å²) >= 11 is 0. The number of amides is 1. The number of carbonyl (C=O) groups excluding carboxylic acids is 1. The zero-order valence-corrected chi connectivity index (χ0v) is 9.64. The third kappa shape index (κ3) is 2.39. The van der Waals surface area contributed by atoms with Gasteiger partial charge in [-0.2, -0.15) is 0 Å². The predicted molar refractivity (Wildman–Crippen MR) is 65.4 cm³/mol. The van der Waals surface area contributed by atoms with Crippen LogP contribution in [0.2, 0.25) is 0 Å². The van der Waals surface area contributed by atoms with Crippen molar-refractivity contribution in [2.75, 3.05) is 6.61 Å². The topological polar surface area (TPSA) is 69.3 Å². The molecule has 5 nitrogen and oxygen atoms in total. The number of ether oxygens (including phenoxy) is 1. The van der Waals surface area contributed by atoms with Crippen LogP contribution in [0.1, 0.15) is 6.92 Å². The van der Waals surface area contributed by atoms with Crippen LogP contribution in [0.4, 0.5) is 0 Å². The number of benzene rings is 1. The summed E-state index contributed by atoms with van der Waals surface area (Å²) in [6.07, 6.45) is 1.86. The summed E-state index contributed by atoms with van der Waals surface area (Å²) in [7, 11) is 0. The second kappa shape index (κ2) is 4.88. The number of hydrogen-bond acceptors (Lipinski definition) is 3. The van der Waals surface area contributed by atoms with Gasteiger partial charge in [0, 0.05) is 17.1 Å². The molecular weight excluding hydrogens is 218 g/mol. The fraction of sp³-hybridized carbons (Fsp3) is 0.250. The third-order valence-electron chi connectivity index (χ3n) is 2.53. The van der Waals surface area contributed by atoms with Crippen LogP contribution in [0, 0.1) is 0 Å². The van der Waals surface area contributed by atoms with Gasteiger partial charge in [-0.15, -0.1) is 0 Å². The van der Waals surface area contributed by atoms with Gasteiger partial charge < -0.3 is 9.30 Å². The van der Waals surface area contributed by atoms with Crippen molar-refractivity contribution in [2.45, 2.75) is 13.5 Å². The van der Waals surface area contributed by atoms with E-state index in [9.17, 15) is 4.79 Å². The van der Waals surface area contributed by atoms with Crippen molar-refractivity contribution in [1.29, 1.82) is 0 Å². The molecule has 0 aliphatic rings. The van der Waals surface area contributed by atoms with E-state index in [1.54, 1.807) is 0 Å². The molecule has 0 bridgehead atoms. The Morgan fingerprint density at radius 3 is 3.00 bits per heavy atom. The van der Waals surface area contributed by atoms with E-state index < -0.39 is 0 Å². The minimum Gasteiger partial charge on any atom is -0.494 e. The Kier molecular flexibility index (Phi) is 3.30. The van der Waals surface area contributed by atoms with Crippen molar-refractivity contribution in [3.05, 3.63) is 30.5 Å². The molecule has 2 aromatic rings. The minimum absolute atomic E-state index is 0.216. The van der Waals surface area contributed by atoms with Gasteiger partial charge in [0.05, 0.1) is 6.61 Å². The Hall–Kier alpha value is -2.01. The van der Waals surface area contributed by atoms with E-state index in [0.29, 0.717) is 6.61 Å². The van der Waals surface area contributed by atoms with Gasteiger partial charge in [-0.1, -0.05) is 0 Å². The van der Waals surface area contributed by atoms with Crippen LogP contribution in [0.25, 0.3) is 10.9 Å². The number of nitrogens with one attached hydrogen (secondary N) is 1. The Bertz CT molecular complexity index is 534. The fourth-order valence-electron chi connectivity index (χ4n) is 1.77. The molecule has 1 amide bonds. The van der Waals surface area contributed by atoms with Crippen molar-refractivity contribution < 1.29 is 9.53 Å². The Morgan fingerprint density at radius 2 is 2.29 bits per heavy atom. The maximum Gasteiger partial charge on any atom is 0.253 e. The monoisotopic (exact) mass is 233 g/mol. The quantitative estimate of drug-likeness (QED) is 0.471. The van der Waals surface area contributed by atoms with E-state index in [1.807, 2.05) is 42.0 Å². The molecule has 2 rings (SSSR count). The molecule has 5 heteroatoms. The fourth-order valence-corrected chi connectivity index (χ4v) is 1.77. The number of nitrogens with two attached hydrogens (primary N) is 1. The Labute approximate surface area is 99.1 Å². The van der Waals surface area contributed by atoms with Crippen molar-refractivity contribution in [3.63, 3.8) is 0 Å². The highest BCUT2D eigenvalue weighted by atomic mass is 16.5. The molecule has 0 aliphatic heterocycles. The van der Waals surface area contributed by atoms with Gasteiger partial charge in [-0.25, -0.2) is 5.84 Å². The van der Waals surface area contributed by atoms with Gasteiger partial charge >= 0.3 is 0 Å². The van der Waals surface area contributed by atoms with Gasteiger partial charge in [0.1, 0.15) is 12.3 Å². The molecule has 17 heavy (non-hydrogen) atoms. The van der Waals surface area contributed by atoms with Gasteiger partial charge in [0.25, 0.3) is 5.91 Å². The number of hydrazine groups is 1. The molecule has 0 unspecified atom stereocenters. The number of fused-ring (bicyclic) bond motifs is 1. The first-order valence-electron chi connectivity index (χ1n) is 5.45. The summed E-state index contributed by atoms with van der Waals surface area (Å²) in [5.74, 6) is 5.67. The first kappa shape index (κ1) is 11.5. The predicted octanol–water partition coefficient (Wildman–Crippen LogP) is 1.03. The van der Waals surface area contributed by atoms with E-state index in [-0.39, 0.29) is 12.5 Å². The summed E-state index contributed by atoms with van der Waals surface area (Å²) in [5, 5.41) is 1.04. The smallest absolute Gasteiger partial charge is 0.253 e. The largest absolute Gasteiger partial charge is 0.494 e. The number of hydrogen-bond donors (Lipinski definition) is 2. The summed E-state index contributed by atoms with van der Waals surface area (Å²) in [6, 6.07) is 7.73. The molecule has 0 radical (unpaired) electrons.